The molecule has 2 aliphatic carbocycles. The predicted molar refractivity (Wildman–Crippen MR) is 141 cm³/mol. The van der Waals surface area contributed by atoms with Crippen LogP contribution >= 0.6 is 0 Å². The van der Waals surface area contributed by atoms with E-state index >= 15 is 0 Å². The first kappa shape index (κ1) is 23.9. The summed E-state index contributed by atoms with van der Waals surface area (Å²) in [5.74, 6) is 0.601. The van der Waals surface area contributed by atoms with Crippen LogP contribution in [0.2, 0.25) is 0 Å². The van der Waals surface area contributed by atoms with Crippen LogP contribution in [0.15, 0.2) is 29.8 Å². The molecule has 5 nitrogen and oxygen atoms in total. The lowest BCUT2D eigenvalue weighted by molar-refractivity contribution is -0.135. The Hall–Kier alpha value is -1.85. The molecule has 2 aliphatic heterocycles. The number of rotatable bonds is 5. The highest BCUT2D eigenvalue weighted by Gasteiger charge is 2.46. The molecule has 0 aromatic heterocycles. The Morgan fingerprint density at radius 3 is 2.56 bits per heavy atom. The van der Waals surface area contributed by atoms with Gasteiger partial charge in [-0.2, -0.15) is 0 Å². The van der Waals surface area contributed by atoms with Crippen molar-refractivity contribution in [3.63, 3.8) is 0 Å². The van der Waals surface area contributed by atoms with Gasteiger partial charge in [0.2, 0.25) is 5.91 Å². The van der Waals surface area contributed by atoms with Crippen molar-refractivity contribution < 1.29 is 4.79 Å². The predicted octanol–water partition coefficient (Wildman–Crippen LogP) is 4.76. The Balaban J connectivity index is 1.32. The minimum Gasteiger partial charge on any atom is -0.381 e. The molecule has 0 radical (unpaired) electrons. The van der Waals surface area contributed by atoms with E-state index in [0.29, 0.717) is 5.92 Å². The van der Waals surface area contributed by atoms with Crippen molar-refractivity contribution in [1.29, 1.82) is 0 Å². The second-order valence-electron chi connectivity index (χ2n) is 11.6. The van der Waals surface area contributed by atoms with E-state index in [9.17, 15) is 4.79 Å². The van der Waals surface area contributed by atoms with Crippen LogP contribution in [0.1, 0.15) is 70.3 Å². The van der Waals surface area contributed by atoms with Crippen LogP contribution in [-0.2, 0) is 4.79 Å². The van der Waals surface area contributed by atoms with E-state index in [1.807, 2.05) is 0 Å². The second kappa shape index (κ2) is 10.0. The average Bonchev–Trinajstić information content (AvgIpc) is 2.88. The lowest BCUT2D eigenvalue weighted by atomic mass is 9.63. The lowest BCUT2D eigenvalue weighted by Gasteiger charge is -2.50. The molecule has 5 heteroatoms. The average molecular weight is 465 g/mol. The zero-order valence-corrected chi connectivity index (χ0v) is 21.4. The molecule has 1 amide bonds. The Morgan fingerprint density at radius 1 is 1.03 bits per heavy atom. The number of para-hydroxylation sites is 1. The summed E-state index contributed by atoms with van der Waals surface area (Å²) in [4.78, 5) is 19.1. The number of carbonyl (C=O) groups excluding carboxylic acids is 1. The van der Waals surface area contributed by atoms with Crippen LogP contribution in [0.3, 0.4) is 0 Å². The molecule has 3 fully saturated rings. The van der Waals surface area contributed by atoms with Gasteiger partial charge in [0.05, 0.1) is 5.41 Å². The highest BCUT2D eigenvalue weighted by atomic mass is 16.2. The molecule has 0 spiro atoms. The molecule has 186 valence electrons. The van der Waals surface area contributed by atoms with Crippen LogP contribution in [0.5, 0.6) is 0 Å². The fourth-order valence-corrected chi connectivity index (χ4v) is 7.20. The summed E-state index contributed by atoms with van der Waals surface area (Å²) in [5, 5.41) is 7.17. The number of anilines is 1. The summed E-state index contributed by atoms with van der Waals surface area (Å²) in [5.41, 5.74) is 3.70. The molecule has 1 aromatic carbocycles. The molecule has 4 aliphatic rings. The highest BCUT2D eigenvalue weighted by molar-refractivity contribution is 5.84. The third-order valence-corrected chi connectivity index (χ3v) is 9.50. The summed E-state index contributed by atoms with van der Waals surface area (Å²) >= 11 is 0. The molecule has 2 unspecified atom stereocenters. The number of fused-ring (bicyclic) bond motifs is 1. The third kappa shape index (κ3) is 4.66. The van der Waals surface area contributed by atoms with Gasteiger partial charge in [-0.05, 0) is 55.9 Å². The van der Waals surface area contributed by atoms with Gasteiger partial charge in [-0.15, -0.1) is 0 Å². The van der Waals surface area contributed by atoms with E-state index < -0.39 is 0 Å². The maximum Gasteiger partial charge on any atom is 0.226 e. The molecule has 2 N–H and O–H groups in total. The zero-order valence-electron chi connectivity index (χ0n) is 21.4. The van der Waals surface area contributed by atoms with Crippen LogP contribution < -0.4 is 10.6 Å². The van der Waals surface area contributed by atoms with Crippen molar-refractivity contribution in [2.45, 2.75) is 70.3 Å². The molecular weight excluding hydrogens is 420 g/mol. The number of hydrogen-bond donors (Lipinski definition) is 2. The van der Waals surface area contributed by atoms with E-state index in [4.69, 9.17) is 0 Å². The van der Waals surface area contributed by atoms with Crippen molar-refractivity contribution in [2.24, 2.45) is 11.3 Å². The van der Waals surface area contributed by atoms with Crippen LogP contribution in [0.25, 0.3) is 6.08 Å². The van der Waals surface area contributed by atoms with E-state index in [1.165, 1.54) is 55.3 Å². The zero-order chi connectivity index (χ0) is 23.6. The Bertz CT molecular complexity index is 897. The van der Waals surface area contributed by atoms with Gasteiger partial charge in [-0.25, -0.2) is 0 Å². The first-order valence-corrected chi connectivity index (χ1v) is 13.8. The standard InChI is InChI=1S/C29H44N4O/c1-28(13-9-6-11-25(28)24-20-23-10-4-5-12-26(23)30-21-24)27(34)31-22-29(14-7-3-8-15-29)33-18-16-32(2)17-19-33/h4-5,10,12,20,25,30H,3,6-9,11,13-19,21-22H2,1-2H3,(H,31,34). The van der Waals surface area contributed by atoms with Gasteiger partial charge in [-0.3, -0.25) is 9.69 Å². The summed E-state index contributed by atoms with van der Waals surface area (Å²) in [6.45, 7) is 8.45. The molecular formula is C29H44N4O. The third-order valence-electron chi connectivity index (χ3n) is 9.50. The molecule has 2 heterocycles. The molecule has 34 heavy (non-hydrogen) atoms. The molecule has 1 saturated heterocycles. The van der Waals surface area contributed by atoms with Crippen molar-refractivity contribution in [3.8, 4) is 0 Å². The molecule has 2 saturated carbocycles. The fourth-order valence-electron chi connectivity index (χ4n) is 7.20. The second-order valence-corrected chi connectivity index (χ2v) is 11.6. The number of amides is 1. The Kier molecular flexibility index (Phi) is 7.04. The van der Waals surface area contributed by atoms with Crippen LogP contribution in [0, 0.1) is 11.3 Å². The number of nitrogens with zero attached hydrogens (tertiary/aromatic N) is 2. The Morgan fingerprint density at radius 2 is 1.76 bits per heavy atom. The number of nitrogens with one attached hydrogen (secondary N) is 2. The van der Waals surface area contributed by atoms with E-state index in [1.54, 1.807) is 0 Å². The van der Waals surface area contributed by atoms with Gasteiger partial charge in [0.25, 0.3) is 0 Å². The lowest BCUT2D eigenvalue weighted by Crippen LogP contribution is -2.62. The van der Waals surface area contributed by atoms with Gasteiger partial charge in [0.1, 0.15) is 0 Å². The van der Waals surface area contributed by atoms with Gasteiger partial charge in [0, 0.05) is 50.5 Å². The summed E-state index contributed by atoms with van der Waals surface area (Å²) in [7, 11) is 2.23. The fraction of sp³-hybridized carbons (Fsp3) is 0.690. The summed E-state index contributed by atoms with van der Waals surface area (Å²) < 4.78 is 0. The van der Waals surface area contributed by atoms with E-state index in [0.717, 1.165) is 58.5 Å². The summed E-state index contributed by atoms with van der Waals surface area (Å²) in [6.07, 6.45) is 13.2. The van der Waals surface area contributed by atoms with Gasteiger partial charge in [0.15, 0.2) is 0 Å². The molecule has 2 atom stereocenters. The van der Waals surface area contributed by atoms with Crippen molar-refractivity contribution >= 4 is 17.7 Å². The number of hydrogen-bond acceptors (Lipinski definition) is 4. The first-order valence-electron chi connectivity index (χ1n) is 13.8. The number of carbonyl (C=O) groups is 1. The number of benzene rings is 1. The number of likely N-dealkylation sites (N-methyl/N-ethyl adjacent to an activating group) is 1. The maximum atomic E-state index is 14.0. The maximum absolute atomic E-state index is 14.0. The van der Waals surface area contributed by atoms with Crippen molar-refractivity contribution in [3.05, 3.63) is 35.4 Å². The van der Waals surface area contributed by atoms with Crippen molar-refractivity contribution in [1.82, 2.24) is 15.1 Å². The van der Waals surface area contributed by atoms with E-state index in [-0.39, 0.29) is 16.9 Å². The minimum atomic E-state index is -0.323. The monoisotopic (exact) mass is 464 g/mol. The summed E-state index contributed by atoms with van der Waals surface area (Å²) in [6, 6.07) is 8.53. The van der Waals surface area contributed by atoms with E-state index in [2.05, 4.69) is 64.7 Å². The SMILES string of the molecule is CN1CCN(C2(CNC(=O)C3(C)CCCCC3C3=Cc4ccccc4NC3)CCCCC2)CC1. The largest absolute Gasteiger partial charge is 0.381 e. The van der Waals surface area contributed by atoms with Crippen LogP contribution in [-0.4, -0.2) is 67.6 Å². The van der Waals surface area contributed by atoms with Gasteiger partial charge in [-0.1, -0.05) is 63.3 Å². The van der Waals surface area contributed by atoms with Gasteiger partial charge < -0.3 is 15.5 Å². The number of piperazine rings is 1. The molecule has 5 rings (SSSR count). The van der Waals surface area contributed by atoms with Crippen LogP contribution in [0.4, 0.5) is 5.69 Å². The molecule has 1 aromatic rings. The first-order chi connectivity index (χ1) is 16.5. The molecule has 0 bridgehead atoms. The topological polar surface area (TPSA) is 47.6 Å². The minimum absolute atomic E-state index is 0.153. The van der Waals surface area contributed by atoms with Gasteiger partial charge >= 0.3 is 0 Å². The normalized spacial score (nSPS) is 30.1. The van der Waals surface area contributed by atoms with Crippen molar-refractivity contribution in [2.75, 3.05) is 51.6 Å². The Labute approximate surface area is 206 Å². The quantitative estimate of drug-likeness (QED) is 0.660. The smallest absolute Gasteiger partial charge is 0.226 e. The highest BCUT2D eigenvalue weighted by Crippen LogP contribution is 2.47.